The number of carbonyl (C=O) groups is 2. The highest BCUT2D eigenvalue weighted by molar-refractivity contribution is 6.10. The molecule has 1 fully saturated rings. The van der Waals surface area contributed by atoms with Gasteiger partial charge < -0.3 is 14.6 Å². The number of hydrogen-bond donors (Lipinski definition) is 1. The molecule has 0 unspecified atom stereocenters. The van der Waals surface area contributed by atoms with Gasteiger partial charge in [-0.15, -0.1) is 10.3 Å². The van der Waals surface area contributed by atoms with Crippen molar-refractivity contribution in [1.29, 1.82) is 0 Å². The van der Waals surface area contributed by atoms with Crippen molar-refractivity contribution in [2.24, 2.45) is 0 Å². The van der Waals surface area contributed by atoms with E-state index in [1.165, 1.54) is 6.07 Å². The van der Waals surface area contributed by atoms with E-state index in [9.17, 15) is 19.9 Å². The fourth-order valence-corrected chi connectivity index (χ4v) is 4.92. The lowest BCUT2D eigenvalue weighted by Gasteiger charge is -2.49. The molecule has 4 rings (SSSR count). The van der Waals surface area contributed by atoms with Crippen LogP contribution in [-0.4, -0.2) is 39.1 Å². The van der Waals surface area contributed by atoms with Gasteiger partial charge in [-0.05, 0) is 57.5 Å². The Hall–Kier alpha value is -3.68. The molecule has 0 amide bonds. The molecule has 0 bridgehead atoms. The van der Waals surface area contributed by atoms with Crippen molar-refractivity contribution in [1.82, 2.24) is 5.06 Å². The summed E-state index contributed by atoms with van der Waals surface area (Å²) >= 11 is 0. The van der Waals surface area contributed by atoms with Crippen LogP contribution in [0.15, 0.2) is 72.8 Å². The quantitative estimate of drug-likeness (QED) is 0.328. The van der Waals surface area contributed by atoms with Crippen LogP contribution in [0.3, 0.4) is 0 Å². The second-order valence-electron chi connectivity index (χ2n) is 10.7. The zero-order valence-electron chi connectivity index (χ0n) is 21.6. The summed E-state index contributed by atoms with van der Waals surface area (Å²) < 4.78 is 11.5. The standard InChI is InChI=1S/C30H32NO6/c1-29(2)17-24(18-30(3,4)31(29)35)37-28(34)22-12-10-20(11-13-22)19-36-23-14-15-25(26(32)16-23)27(33)21-8-6-5-7-9-21/h5-16,24,32H,17-19H2,1-4H3. The summed E-state index contributed by atoms with van der Waals surface area (Å²) in [5.41, 5.74) is 0.709. The van der Waals surface area contributed by atoms with E-state index in [1.54, 1.807) is 60.7 Å². The van der Waals surface area contributed by atoms with Crippen molar-refractivity contribution < 1.29 is 29.4 Å². The molecule has 1 saturated heterocycles. The van der Waals surface area contributed by atoms with E-state index in [4.69, 9.17) is 9.47 Å². The average molecular weight is 503 g/mol. The first-order chi connectivity index (χ1) is 17.5. The molecular formula is C30H32NO6. The van der Waals surface area contributed by atoms with E-state index >= 15 is 0 Å². The maximum atomic E-state index is 12.7. The highest BCUT2D eigenvalue weighted by atomic mass is 16.5. The molecule has 7 nitrogen and oxygen atoms in total. The van der Waals surface area contributed by atoms with Crippen LogP contribution in [0.2, 0.25) is 0 Å². The minimum atomic E-state index is -0.616. The Balaban J connectivity index is 1.34. The molecule has 37 heavy (non-hydrogen) atoms. The van der Waals surface area contributed by atoms with E-state index in [-0.39, 0.29) is 29.8 Å². The largest absolute Gasteiger partial charge is 0.507 e. The van der Waals surface area contributed by atoms with Crippen molar-refractivity contribution in [3.8, 4) is 11.5 Å². The molecule has 0 atom stereocenters. The second kappa shape index (κ2) is 10.4. The van der Waals surface area contributed by atoms with Crippen LogP contribution in [0.4, 0.5) is 0 Å². The maximum absolute atomic E-state index is 12.7. The monoisotopic (exact) mass is 502 g/mol. The molecule has 3 aromatic carbocycles. The second-order valence-corrected chi connectivity index (χ2v) is 10.7. The number of phenols is 1. The fraction of sp³-hybridized carbons (Fsp3) is 0.333. The molecule has 3 aromatic rings. The molecule has 1 heterocycles. The van der Waals surface area contributed by atoms with E-state index in [0.717, 1.165) is 10.6 Å². The molecule has 0 saturated carbocycles. The molecule has 1 N–H and O–H groups in total. The maximum Gasteiger partial charge on any atom is 0.338 e. The van der Waals surface area contributed by atoms with Gasteiger partial charge in [-0.25, -0.2) is 4.79 Å². The molecule has 0 aliphatic carbocycles. The van der Waals surface area contributed by atoms with Gasteiger partial charge in [0.05, 0.1) is 11.1 Å². The molecule has 7 heteroatoms. The normalized spacial score (nSPS) is 17.2. The number of aromatic hydroxyl groups is 1. The lowest BCUT2D eigenvalue weighted by Crippen LogP contribution is -2.60. The Morgan fingerprint density at radius 3 is 2.11 bits per heavy atom. The number of piperidine rings is 1. The van der Waals surface area contributed by atoms with E-state index in [1.807, 2.05) is 33.8 Å². The predicted octanol–water partition coefficient (Wildman–Crippen LogP) is 5.73. The van der Waals surface area contributed by atoms with E-state index in [2.05, 4.69) is 0 Å². The number of ether oxygens (including phenoxy) is 2. The Kier molecular flexibility index (Phi) is 7.39. The summed E-state index contributed by atoms with van der Waals surface area (Å²) in [5.74, 6) is -0.427. The van der Waals surface area contributed by atoms with Crippen LogP contribution in [0.1, 0.15) is 72.4 Å². The summed E-state index contributed by atoms with van der Waals surface area (Å²) in [6, 6.07) is 20.3. The molecule has 0 aromatic heterocycles. The lowest BCUT2D eigenvalue weighted by molar-refractivity contribution is -0.298. The minimum absolute atomic E-state index is 0.154. The van der Waals surface area contributed by atoms with Gasteiger partial charge >= 0.3 is 5.97 Å². The number of hydroxylamine groups is 2. The average Bonchev–Trinajstić information content (AvgIpc) is 2.86. The van der Waals surface area contributed by atoms with Crippen LogP contribution < -0.4 is 4.74 Å². The van der Waals surface area contributed by atoms with Crippen molar-refractivity contribution in [2.75, 3.05) is 0 Å². The first-order valence-electron chi connectivity index (χ1n) is 12.3. The number of carbonyl (C=O) groups excluding carboxylic acids is 2. The van der Waals surface area contributed by atoms with Gasteiger partial charge in [-0.2, -0.15) is 0 Å². The molecule has 193 valence electrons. The summed E-state index contributed by atoms with van der Waals surface area (Å²) in [6.07, 6.45) is 0.607. The summed E-state index contributed by atoms with van der Waals surface area (Å²) in [7, 11) is 0. The molecular weight excluding hydrogens is 470 g/mol. The van der Waals surface area contributed by atoms with Gasteiger partial charge in [-0.1, -0.05) is 42.5 Å². The third-order valence-electron chi connectivity index (χ3n) is 6.67. The van der Waals surface area contributed by atoms with Gasteiger partial charge in [0.25, 0.3) is 0 Å². The summed E-state index contributed by atoms with van der Waals surface area (Å²) in [6.45, 7) is 7.68. The van der Waals surface area contributed by atoms with Crippen LogP contribution in [-0.2, 0) is 16.6 Å². The van der Waals surface area contributed by atoms with Gasteiger partial charge in [0, 0.05) is 35.5 Å². The van der Waals surface area contributed by atoms with Gasteiger partial charge in [-0.3, -0.25) is 4.79 Å². The van der Waals surface area contributed by atoms with Crippen LogP contribution in [0.25, 0.3) is 0 Å². The Morgan fingerprint density at radius 1 is 0.892 bits per heavy atom. The number of hydrogen-bond acceptors (Lipinski definition) is 6. The number of ketones is 1. The molecule has 1 aliphatic heterocycles. The summed E-state index contributed by atoms with van der Waals surface area (Å²) in [5, 5.41) is 24.0. The number of nitrogens with zero attached hydrogens (tertiary/aromatic N) is 1. The molecule has 0 spiro atoms. The topological polar surface area (TPSA) is 96.0 Å². The van der Waals surface area contributed by atoms with Crippen molar-refractivity contribution in [2.45, 2.75) is 64.3 Å². The number of rotatable bonds is 7. The van der Waals surface area contributed by atoms with Gasteiger partial charge in [0.1, 0.15) is 24.2 Å². The first kappa shape index (κ1) is 26.4. The number of benzene rings is 3. The Labute approximate surface area is 217 Å². The van der Waals surface area contributed by atoms with Crippen LogP contribution >= 0.6 is 0 Å². The Morgan fingerprint density at radius 2 is 1.51 bits per heavy atom. The molecule has 1 aliphatic rings. The van der Waals surface area contributed by atoms with Crippen molar-refractivity contribution >= 4 is 11.8 Å². The number of esters is 1. The molecule has 1 radical (unpaired) electrons. The highest BCUT2D eigenvalue weighted by Gasteiger charge is 2.47. The fourth-order valence-electron chi connectivity index (χ4n) is 4.92. The van der Waals surface area contributed by atoms with Crippen molar-refractivity contribution in [3.05, 3.63) is 95.1 Å². The van der Waals surface area contributed by atoms with Crippen LogP contribution in [0, 0.1) is 0 Å². The predicted molar refractivity (Wildman–Crippen MR) is 138 cm³/mol. The van der Waals surface area contributed by atoms with E-state index < -0.39 is 17.0 Å². The summed E-state index contributed by atoms with van der Waals surface area (Å²) in [4.78, 5) is 25.3. The zero-order valence-corrected chi connectivity index (χ0v) is 21.6. The smallest absolute Gasteiger partial charge is 0.338 e. The first-order valence-corrected chi connectivity index (χ1v) is 12.3. The zero-order chi connectivity index (χ0) is 26.8. The Bertz CT molecular complexity index is 1250. The third kappa shape index (κ3) is 6.01. The number of phenolic OH excluding ortho intramolecular Hbond substituents is 1. The minimum Gasteiger partial charge on any atom is -0.507 e. The third-order valence-corrected chi connectivity index (χ3v) is 6.67. The van der Waals surface area contributed by atoms with Gasteiger partial charge in [0.2, 0.25) is 0 Å². The highest BCUT2D eigenvalue weighted by Crippen LogP contribution is 2.38. The van der Waals surface area contributed by atoms with Crippen molar-refractivity contribution in [3.63, 3.8) is 0 Å². The SMILES string of the molecule is CC1(C)CC(OC(=O)c2ccc(COc3ccc(C(=O)c4ccccc4)c(O)c3)cc2)CC(C)(C)N1[O]. The van der Waals surface area contributed by atoms with E-state index in [0.29, 0.717) is 29.7 Å². The van der Waals surface area contributed by atoms with Crippen LogP contribution in [0.5, 0.6) is 11.5 Å². The van der Waals surface area contributed by atoms with Gasteiger partial charge in [0.15, 0.2) is 5.78 Å². The lowest BCUT2D eigenvalue weighted by atomic mass is 9.80.